The fraction of sp³-hybridized carbons (Fsp3) is 0.400. The molecular formula is C25H26F2N2O6. The van der Waals surface area contributed by atoms with E-state index >= 15 is 0 Å². The zero-order valence-corrected chi connectivity index (χ0v) is 19.0. The van der Waals surface area contributed by atoms with E-state index in [4.69, 9.17) is 14.6 Å². The number of nitrogens with one attached hydrogen (secondary N) is 2. The van der Waals surface area contributed by atoms with Crippen LogP contribution < -0.4 is 10.6 Å². The molecule has 35 heavy (non-hydrogen) atoms. The number of fused-ring (bicyclic) bond motifs is 3. The molecule has 8 nitrogen and oxygen atoms in total. The van der Waals surface area contributed by atoms with Gasteiger partial charge in [-0.05, 0) is 22.3 Å². The lowest BCUT2D eigenvalue weighted by Gasteiger charge is -2.14. The largest absolute Gasteiger partial charge is 0.480 e. The number of aliphatic carboxylic acids is 1. The van der Waals surface area contributed by atoms with Gasteiger partial charge in [-0.2, -0.15) is 0 Å². The monoisotopic (exact) mass is 488 g/mol. The van der Waals surface area contributed by atoms with Gasteiger partial charge in [0.2, 0.25) is 5.91 Å². The van der Waals surface area contributed by atoms with Gasteiger partial charge in [0, 0.05) is 32.6 Å². The average Bonchev–Trinajstić information content (AvgIpc) is 3.25. The number of methoxy groups -OCH3 is 1. The molecule has 1 saturated carbocycles. The van der Waals surface area contributed by atoms with Gasteiger partial charge >= 0.3 is 12.1 Å². The van der Waals surface area contributed by atoms with E-state index in [9.17, 15) is 23.2 Å². The summed E-state index contributed by atoms with van der Waals surface area (Å²) in [4.78, 5) is 35.8. The molecule has 4 rings (SSSR count). The smallest absolute Gasteiger partial charge is 0.407 e. The SMILES string of the molecule is COCCC(NC(=O)[C@@H]1[C@H](CNC(=O)OCC2c3ccccc3-c3ccccc32)C1(F)F)C(=O)O. The molecule has 0 heterocycles. The fourth-order valence-corrected chi connectivity index (χ4v) is 4.60. The van der Waals surface area contributed by atoms with Crippen molar-refractivity contribution in [3.05, 3.63) is 59.7 Å². The van der Waals surface area contributed by atoms with Gasteiger partial charge in [0.25, 0.3) is 5.92 Å². The molecular weight excluding hydrogens is 462 g/mol. The highest BCUT2D eigenvalue weighted by atomic mass is 19.3. The Balaban J connectivity index is 1.30. The summed E-state index contributed by atoms with van der Waals surface area (Å²) >= 11 is 0. The van der Waals surface area contributed by atoms with Crippen LogP contribution in [-0.4, -0.2) is 61.9 Å². The van der Waals surface area contributed by atoms with Gasteiger partial charge in [0.1, 0.15) is 18.6 Å². The summed E-state index contributed by atoms with van der Waals surface area (Å²) in [6, 6.07) is 14.3. The maximum Gasteiger partial charge on any atom is 0.407 e. The van der Waals surface area contributed by atoms with Crippen molar-refractivity contribution in [3.8, 4) is 11.1 Å². The molecule has 0 aromatic heterocycles. The molecule has 1 unspecified atom stereocenters. The first-order chi connectivity index (χ1) is 16.8. The van der Waals surface area contributed by atoms with Gasteiger partial charge in [-0.3, -0.25) is 4.79 Å². The average molecular weight is 488 g/mol. The number of amides is 2. The third kappa shape index (κ3) is 4.97. The quantitative estimate of drug-likeness (QED) is 0.474. The first kappa shape index (κ1) is 24.6. The number of alkyl halides is 2. The second-order valence-corrected chi connectivity index (χ2v) is 8.65. The van der Waals surface area contributed by atoms with Gasteiger partial charge in [0.15, 0.2) is 0 Å². The molecule has 2 aromatic carbocycles. The topological polar surface area (TPSA) is 114 Å². The molecule has 0 radical (unpaired) electrons. The molecule has 2 aliphatic rings. The zero-order valence-electron chi connectivity index (χ0n) is 19.0. The van der Waals surface area contributed by atoms with Gasteiger partial charge in [-0.15, -0.1) is 0 Å². The number of hydrogen-bond acceptors (Lipinski definition) is 5. The van der Waals surface area contributed by atoms with Crippen molar-refractivity contribution >= 4 is 18.0 Å². The number of halogens is 2. The Morgan fingerprint density at radius 3 is 2.23 bits per heavy atom. The first-order valence-corrected chi connectivity index (χ1v) is 11.2. The third-order valence-corrected chi connectivity index (χ3v) is 6.52. The van der Waals surface area contributed by atoms with Gasteiger partial charge in [-0.25, -0.2) is 18.4 Å². The normalized spacial score (nSPS) is 20.3. The van der Waals surface area contributed by atoms with Crippen LogP contribution in [-0.2, 0) is 19.1 Å². The second-order valence-electron chi connectivity index (χ2n) is 8.65. The molecule has 0 spiro atoms. The number of ether oxygens (including phenoxy) is 2. The van der Waals surface area contributed by atoms with Crippen LogP contribution in [0.1, 0.15) is 23.5 Å². The van der Waals surface area contributed by atoms with E-state index in [0.29, 0.717) is 0 Å². The van der Waals surface area contributed by atoms with Crippen molar-refractivity contribution in [2.45, 2.75) is 24.3 Å². The van der Waals surface area contributed by atoms with E-state index in [0.717, 1.165) is 22.3 Å². The number of hydrogen-bond donors (Lipinski definition) is 3. The maximum absolute atomic E-state index is 14.2. The van der Waals surface area contributed by atoms with Gasteiger partial charge < -0.3 is 25.2 Å². The molecule has 10 heteroatoms. The highest BCUT2D eigenvalue weighted by Crippen LogP contribution is 2.55. The molecule has 0 saturated heterocycles. The standard InChI is InChI=1S/C25H26F2N2O6/c1-34-11-10-20(23(31)32)29-22(30)21-19(25(21,26)27)12-28-24(33)35-13-18-16-8-4-2-6-14(16)15-7-3-5-9-17(15)18/h2-9,18-21H,10-13H2,1H3,(H,28,33)(H,29,30)(H,31,32)/t19-,20?,21-/m0/s1. The van der Waals surface area contributed by atoms with Crippen LogP contribution in [0, 0.1) is 11.8 Å². The summed E-state index contributed by atoms with van der Waals surface area (Å²) in [6.45, 7) is -0.396. The minimum atomic E-state index is -3.36. The number of carboxylic acids is 1. The summed E-state index contributed by atoms with van der Waals surface area (Å²) in [5.74, 6) is -9.11. The van der Waals surface area contributed by atoms with E-state index in [-0.39, 0.29) is 25.6 Å². The number of rotatable bonds is 10. The van der Waals surface area contributed by atoms with E-state index in [1.807, 2.05) is 48.5 Å². The highest BCUT2D eigenvalue weighted by molar-refractivity contribution is 5.88. The molecule has 1 fully saturated rings. The van der Waals surface area contributed by atoms with E-state index < -0.39 is 48.3 Å². The summed E-state index contributed by atoms with van der Waals surface area (Å²) in [7, 11) is 1.36. The van der Waals surface area contributed by atoms with Crippen LogP contribution in [0.15, 0.2) is 48.5 Å². The Bertz CT molecular complexity index is 1080. The predicted molar refractivity (Wildman–Crippen MR) is 121 cm³/mol. The number of carbonyl (C=O) groups excluding carboxylic acids is 2. The lowest BCUT2D eigenvalue weighted by atomic mass is 9.98. The molecule has 2 amide bonds. The van der Waals surface area contributed by atoms with Crippen LogP contribution in [0.2, 0.25) is 0 Å². The van der Waals surface area contributed by atoms with E-state index in [1.165, 1.54) is 7.11 Å². The maximum atomic E-state index is 14.2. The minimum Gasteiger partial charge on any atom is -0.480 e. The molecule has 3 atom stereocenters. The minimum absolute atomic E-state index is 0.0324. The third-order valence-electron chi connectivity index (χ3n) is 6.52. The fourth-order valence-electron chi connectivity index (χ4n) is 4.60. The first-order valence-electron chi connectivity index (χ1n) is 11.2. The Labute approximate surface area is 200 Å². The van der Waals surface area contributed by atoms with Crippen LogP contribution in [0.25, 0.3) is 11.1 Å². The molecule has 2 aliphatic carbocycles. The Morgan fingerprint density at radius 1 is 1.06 bits per heavy atom. The van der Waals surface area contributed by atoms with Crippen LogP contribution >= 0.6 is 0 Å². The lowest BCUT2D eigenvalue weighted by molar-refractivity contribution is -0.143. The van der Waals surface area contributed by atoms with Crippen molar-refractivity contribution in [2.24, 2.45) is 11.8 Å². The van der Waals surface area contributed by atoms with E-state index in [1.54, 1.807) is 0 Å². The van der Waals surface area contributed by atoms with Crippen molar-refractivity contribution in [1.82, 2.24) is 10.6 Å². The van der Waals surface area contributed by atoms with E-state index in [2.05, 4.69) is 10.6 Å². The number of benzene rings is 2. The second kappa shape index (κ2) is 9.99. The summed E-state index contributed by atoms with van der Waals surface area (Å²) in [6.07, 6.45) is -0.921. The molecule has 3 N–H and O–H groups in total. The highest BCUT2D eigenvalue weighted by Gasteiger charge is 2.71. The van der Waals surface area contributed by atoms with Crippen molar-refractivity contribution < 1.29 is 37.7 Å². The Morgan fingerprint density at radius 2 is 1.66 bits per heavy atom. The predicted octanol–water partition coefficient (Wildman–Crippen LogP) is 3.01. The number of carboxylic acid groups (broad SMARTS) is 1. The molecule has 0 bridgehead atoms. The molecule has 186 valence electrons. The molecule has 0 aliphatic heterocycles. The number of carbonyl (C=O) groups is 3. The summed E-state index contributed by atoms with van der Waals surface area (Å²) in [5, 5.41) is 13.6. The number of alkyl carbamates (subject to hydrolysis) is 1. The zero-order chi connectivity index (χ0) is 25.2. The Kier molecular flexibility index (Phi) is 7.02. The summed E-state index contributed by atoms with van der Waals surface area (Å²) < 4.78 is 38.5. The van der Waals surface area contributed by atoms with Crippen molar-refractivity contribution in [1.29, 1.82) is 0 Å². The van der Waals surface area contributed by atoms with Gasteiger partial charge in [0.05, 0.1) is 5.92 Å². The van der Waals surface area contributed by atoms with Crippen LogP contribution in [0.4, 0.5) is 13.6 Å². The molecule has 2 aromatic rings. The van der Waals surface area contributed by atoms with Crippen LogP contribution in [0.5, 0.6) is 0 Å². The van der Waals surface area contributed by atoms with Gasteiger partial charge in [-0.1, -0.05) is 48.5 Å². The lowest BCUT2D eigenvalue weighted by Crippen LogP contribution is -2.43. The van der Waals surface area contributed by atoms with Crippen molar-refractivity contribution in [2.75, 3.05) is 26.9 Å². The van der Waals surface area contributed by atoms with Crippen molar-refractivity contribution in [3.63, 3.8) is 0 Å². The Hall–Kier alpha value is -3.53. The van der Waals surface area contributed by atoms with Crippen LogP contribution in [0.3, 0.4) is 0 Å². The summed E-state index contributed by atoms with van der Waals surface area (Å²) in [5.41, 5.74) is 4.17.